The van der Waals surface area contributed by atoms with Crippen LogP contribution in [0.15, 0.2) is 24.3 Å². The third-order valence-corrected chi connectivity index (χ3v) is 2.88. The molecule has 0 spiro atoms. The fourth-order valence-electron chi connectivity index (χ4n) is 1.48. The van der Waals surface area contributed by atoms with Crippen LogP contribution in [-0.2, 0) is 6.18 Å². The van der Waals surface area contributed by atoms with E-state index in [4.69, 9.17) is 0 Å². The fourth-order valence-corrected chi connectivity index (χ4v) is 1.48. The van der Waals surface area contributed by atoms with E-state index in [1.165, 1.54) is 0 Å². The third-order valence-electron chi connectivity index (χ3n) is 2.88. The molecular formula is C14H22F3N. The highest BCUT2D eigenvalue weighted by atomic mass is 19.4. The van der Waals surface area contributed by atoms with Gasteiger partial charge >= 0.3 is 6.18 Å². The van der Waals surface area contributed by atoms with Crippen LogP contribution >= 0.6 is 0 Å². The average molecular weight is 261 g/mol. The molecule has 104 valence electrons. The smallest absolute Gasteiger partial charge is 0.300 e. The van der Waals surface area contributed by atoms with E-state index in [9.17, 15) is 13.2 Å². The third kappa shape index (κ3) is 4.69. The molecule has 0 radical (unpaired) electrons. The zero-order valence-corrected chi connectivity index (χ0v) is 11.7. The molecule has 1 unspecified atom stereocenters. The van der Waals surface area contributed by atoms with E-state index in [-0.39, 0.29) is 6.04 Å². The number of hydrogen-bond acceptors (Lipinski definition) is 1. The second-order valence-corrected chi connectivity index (χ2v) is 3.87. The first-order chi connectivity index (χ1) is 8.36. The molecule has 0 heterocycles. The number of benzene rings is 1. The summed E-state index contributed by atoms with van der Waals surface area (Å²) in [6.45, 7) is 8.86. The van der Waals surface area contributed by atoms with Crippen molar-refractivity contribution < 1.29 is 13.2 Å². The minimum Gasteiger partial charge on any atom is -0.300 e. The molecule has 0 aliphatic rings. The van der Waals surface area contributed by atoms with Crippen LogP contribution in [0, 0.1) is 0 Å². The van der Waals surface area contributed by atoms with Gasteiger partial charge in [-0.15, -0.1) is 0 Å². The molecular weight excluding hydrogens is 239 g/mol. The summed E-state index contributed by atoms with van der Waals surface area (Å²) < 4.78 is 37.0. The Kier molecular flexibility index (Phi) is 6.99. The molecule has 4 heteroatoms. The molecule has 0 bridgehead atoms. The summed E-state index contributed by atoms with van der Waals surface area (Å²) in [4.78, 5) is 2.07. The van der Waals surface area contributed by atoms with E-state index in [1.54, 1.807) is 12.1 Å². The van der Waals surface area contributed by atoms with Crippen molar-refractivity contribution >= 4 is 0 Å². The molecule has 0 N–H and O–H groups in total. The Morgan fingerprint density at radius 1 is 1.11 bits per heavy atom. The van der Waals surface area contributed by atoms with E-state index >= 15 is 0 Å². The van der Waals surface area contributed by atoms with Crippen LogP contribution in [-0.4, -0.2) is 18.5 Å². The van der Waals surface area contributed by atoms with Crippen LogP contribution in [0.2, 0.25) is 0 Å². The van der Waals surface area contributed by atoms with Crippen molar-refractivity contribution in [1.82, 2.24) is 4.90 Å². The zero-order chi connectivity index (χ0) is 14.3. The Hall–Kier alpha value is -1.03. The molecule has 0 saturated heterocycles. The standard InChI is InChI=1S/C12H16F3N.C2H6/c1-4-16(3)9(2)10-5-7-11(8-6-10)12(13,14)15;1-2/h5-9H,4H2,1-3H3;1-2H3. The van der Waals surface area contributed by atoms with Crippen LogP contribution in [0.25, 0.3) is 0 Å². The van der Waals surface area contributed by atoms with E-state index < -0.39 is 11.7 Å². The summed E-state index contributed by atoms with van der Waals surface area (Å²) in [5, 5.41) is 0. The van der Waals surface area contributed by atoms with Crippen molar-refractivity contribution in [1.29, 1.82) is 0 Å². The largest absolute Gasteiger partial charge is 0.416 e. The molecule has 0 amide bonds. The van der Waals surface area contributed by atoms with Gasteiger partial charge in [-0.1, -0.05) is 32.9 Å². The van der Waals surface area contributed by atoms with Gasteiger partial charge in [0.15, 0.2) is 0 Å². The van der Waals surface area contributed by atoms with Crippen LogP contribution in [0.1, 0.15) is 44.9 Å². The van der Waals surface area contributed by atoms with Crippen LogP contribution in [0.3, 0.4) is 0 Å². The normalized spacial score (nSPS) is 12.9. The monoisotopic (exact) mass is 261 g/mol. The average Bonchev–Trinajstić information content (AvgIpc) is 2.38. The van der Waals surface area contributed by atoms with Gasteiger partial charge < -0.3 is 0 Å². The number of halogens is 3. The molecule has 0 aromatic heterocycles. The molecule has 1 rings (SSSR count). The first-order valence-corrected chi connectivity index (χ1v) is 6.23. The van der Waals surface area contributed by atoms with Gasteiger partial charge in [0.05, 0.1) is 5.56 Å². The van der Waals surface area contributed by atoms with Crippen LogP contribution in [0.5, 0.6) is 0 Å². The van der Waals surface area contributed by atoms with Crippen LogP contribution < -0.4 is 0 Å². The molecule has 0 aliphatic carbocycles. The van der Waals surface area contributed by atoms with Gasteiger partial charge in [-0.2, -0.15) is 13.2 Å². The van der Waals surface area contributed by atoms with Crippen LogP contribution in [0.4, 0.5) is 13.2 Å². The van der Waals surface area contributed by atoms with E-state index in [0.717, 1.165) is 24.2 Å². The summed E-state index contributed by atoms with van der Waals surface area (Å²) in [6, 6.07) is 5.48. The van der Waals surface area contributed by atoms with Gasteiger partial charge in [0.2, 0.25) is 0 Å². The van der Waals surface area contributed by atoms with Crippen molar-refractivity contribution in [2.75, 3.05) is 13.6 Å². The first-order valence-electron chi connectivity index (χ1n) is 6.23. The maximum atomic E-state index is 12.3. The number of hydrogen-bond donors (Lipinski definition) is 0. The Morgan fingerprint density at radius 3 is 1.89 bits per heavy atom. The molecule has 1 aromatic rings. The van der Waals surface area contributed by atoms with Gasteiger partial charge in [-0.25, -0.2) is 0 Å². The Bertz CT molecular complexity index is 330. The van der Waals surface area contributed by atoms with E-state index in [2.05, 4.69) is 4.90 Å². The number of alkyl halides is 3. The second-order valence-electron chi connectivity index (χ2n) is 3.87. The predicted molar refractivity (Wildman–Crippen MR) is 69.5 cm³/mol. The molecule has 1 atom stereocenters. The zero-order valence-electron chi connectivity index (χ0n) is 11.7. The SMILES string of the molecule is CC.CCN(C)C(C)c1ccc(C(F)(F)F)cc1. The fraction of sp³-hybridized carbons (Fsp3) is 0.571. The van der Waals surface area contributed by atoms with Crippen molar-refractivity contribution in [2.45, 2.75) is 39.9 Å². The van der Waals surface area contributed by atoms with E-state index in [1.807, 2.05) is 34.7 Å². The van der Waals surface area contributed by atoms with Crippen molar-refractivity contribution in [3.05, 3.63) is 35.4 Å². The molecule has 0 aliphatic heterocycles. The quantitative estimate of drug-likeness (QED) is 0.759. The highest BCUT2D eigenvalue weighted by molar-refractivity contribution is 5.26. The van der Waals surface area contributed by atoms with Crippen molar-refractivity contribution in [2.24, 2.45) is 0 Å². The highest BCUT2D eigenvalue weighted by Gasteiger charge is 2.30. The summed E-state index contributed by atoms with van der Waals surface area (Å²) in [7, 11) is 1.95. The molecule has 0 fully saturated rings. The van der Waals surface area contributed by atoms with E-state index in [0.29, 0.717) is 0 Å². The predicted octanol–water partition coefficient (Wildman–Crippen LogP) is 4.74. The number of nitrogens with zero attached hydrogens (tertiary/aromatic N) is 1. The lowest BCUT2D eigenvalue weighted by molar-refractivity contribution is -0.137. The lowest BCUT2D eigenvalue weighted by Crippen LogP contribution is -2.21. The second kappa shape index (κ2) is 7.41. The molecule has 18 heavy (non-hydrogen) atoms. The van der Waals surface area contributed by atoms with Gasteiger partial charge in [0, 0.05) is 6.04 Å². The summed E-state index contributed by atoms with van der Waals surface area (Å²) >= 11 is 0. The lowest BCUT2D eigenvalue weighted by Gasteiger charge is -2.23. The molecule has 1 aromatic carbocycles. The Labute approximate surface area is 108 Å². The van der Waals surface area contributed by atoms with Gasteiger partial charge in [0.1, 0.15) is 0 Å². The Morgan fingerprint density at radius 2 is 1.56 bits per heavy atom. The minimum atomic E-state index is -4.25. The lowest BCUT2D eigenvalue weighted by atomic mass is 10.1. The first kappa shape index (κ1) is 17.0. The maximum Gasteiger partial charge on any atom is 0.416 e. The van der Waals surface area contributed by atoms with Gasteiger partial charge in [-0.05, 0) is 38.2 Å². The maximum absolute atomic E-state index is 12.3. The molecule has 0 saturated carbocycles. The summed E-state index contributed by atoms with van der Waals surface area (Å²) in [6.07, 6.45) is -4.25. The van der Waals surface area contributed by atoms with Crippen molar-refractivity contribution in [3.63, 3.8) is 0 Å². The minimum absolute atomic E-state index is 0.132. The molecule has 1 nitrogen and oxygen atoms in total. The highest BCUT2D eigenvalue weighted by Crippen LogP contribution is 2.30. The van der Waals surface area contributed by atoms with Crippen molar-refractivity contribution in [3.8, 4) is 0 Å². The topological polar surface area (TPSA) is 3.24 Å². The van der Waals surface area contributed by atoms with Gasteiger partial charge in [-0.3, -0.25) is 4.90 Å². The number of rotatable bonds is 3. The summed E-state index contributed by atoms with van der Waals surface area (Å²) in [5.74, 6) is 0. The summed E-state index contributed by atoms with van der Waals surface area (Å²) in [5.41, 5.74) is 0.306. The Balaban J connectivity index is 0.00000137. The van der Waals surface area contributed by atoms with Gasteiger partial charge in [0.25, 0.3) is 0 Å².